The fourth-order valence-electron chi connectivity index (χ4n) is 2.64. The lowest BCUT2D eigenvalue weighted by atomic mass is 10.3. The highest BCUT2D eigenvalue weighted by Gasteiger charge is 2.20. The van der Waals surface area contributed by atoms with E-state index in [0.717, 1.165) is 18.6 Å². The molecule has 0 unspecified atom stereocenters. The van der Waals surface area contributed by atoms with Gasteiger partial charge in [-0.2, -0.15) is 0 Å². The van der Waals surface area contributed by atoms with Gasteiger partial charge < -0.3 is 19.7 Å². The van der Waals surface area contributed by atoms with Crippen molar-refractivity contribution in [3.63, 3.8) is 0 Å². The molecule has 0 atom stereocenters. The minimum Gasteiger partial charge on any atom is -0.441 e. The molecular formula is C15H20N4O3. The lowest BCUT2D eigenvalue weighted by Gasteiger charge is -2.34. The van der Waals surface area contributed by atoms with E-state index in [0.29, 0.717) is 36.8 Å². The number of nitrogens with one attached hydrogen (secondary N) is 1. The van der Waals surface area contributed by atoms with E-state index in [1.807, 2.05) is 12.1 Å². The van der Waals surface area contributed by atoms with Crippen molar-refractivity contribution in [3.8, 4) is 0 Å². The molecule has 1 aromatic carbocycles. The number of amides is 2. The van der Waals surface area contributed by atoms with Gasteiger partial charge in [0.1, 0.15) is 5.52 Å². The van der Waals surface area contributed by atoms with Crippen LogP contribution in [0.4, 0.5) is 10.5 Å². The summed E-state index contributed by atoms with van der Waals surface area (Å²) in [5.74, 6) is 0.610. The largest absolute Gasteiger partial charge is 0.441 e. The Morgan fingerprint density at radius 2 is 2.14 bits per heavy atom. The van der Waals surface area contributed by atoms with Crippen LogP contribution < -0.4 is 5.32 Å². The van der Waals surface area contributed by atoms with E-state index in [4.69, 9.17) is 9.52 Å². The summed E-state index contributed by atoms with van der Waals surface area (Å²) in [6.45, 7) is 5.51. The molecule has 0 bridgehead atoms. The van der Waals surface area contributed by atoms with Gasteiger partial charge in [-0.1, -0.05) is 0 Å². The molecule has 0 saturated carbocycles. The number of aliphatic hydroxyl groups is 1. The first-order valence-electron chi connectivity index (χ1n) is 7.42. The van der Waals surface area contributed by atoms with E-state index >= 15 is 0 Å². The van der Waals surface area contributed by atoms with Crippen LogP contribution in [0.5, 0.6) is 0 Å². The monoisotopic (exact) mass is 304 g/mol. The molecule has 2 amide bonds. The molecule has 1 fully saturated rings. The summed E-state index contributed by atoms with van der Waals surface area (Å²) >= 11 is 0. The average Bonchev–Trinajstić information content (AvgIpc) is 2.87. The Morgan fingerprint density at radius 3 is 2.86 bits per heavy atom. The normalized spacial score (nSPS) is 16.2. The highest BCUT2D eigenvalue weighted by molar-refractivity contribution is 5.91. The van der Waals surface area contributed by atoms with Crippen molar-refractivity contribution in [1.82, 2.24) is 14.8 Å². The molecule has 118 valence electrons. The summed E-state index contributed by atoms with van der Waals surface area (Å²) in [6.07, 6.45) is 0. The molecule has 1 aromatic heterocycles. The standard InChI is InChI=1S/C15H20N4O3/c1-11-16-13-3-2-12(10-14(13)22-11)17-15(21)19-6-4-18(5-7-19)8-9-20/h2-3,10,20H,4-9H2,1H3,(H,17,21). The summed E-state index contributed by atoms with van der Waals surface area (Å²) in [7, 11) is 0. The zero-order valence-corrected chi connectivity index (χ0v) is 12.6. The van der Waals surface area contributed by atoms with Crippen LogP contribution in [0, 0.1) is 6.92 Å². The Morgan fingerprint density at radius 1 is 1.36 bits per heavy atom. The first-order chi connectivity index (χ1) is 10.7. The van der Waals surface area contributed by atoms with Gasteiger partial charge in [0.15, 0.2) is 11.5 Å². The average molecular weight is 304 g/mol. The lowest BCUT2D eigenvalue weighted by molar-refractivity contribution is 0.127. The van der Waals surface area contributed by atoms with E-state index in [9.17, 15) is 4.79 Å². The maximum absolute atomic E-state index is 12.3. The zero-order chi connectivity index (χ0) is 15.5. The van der Waals surface area contributed by atoms with Gasteiger partial charge in [0, 0.05) is 51.4 Å². The molecule has 7 nitrogen and oxygen atoms in total. The van der Waals surface area contributed by atoms with Crippen molar-refractivity contribution in [1.29, 1.82) is 0 Å². The van der Waals surface area contributed by atoms with E-state index in [2.05, 4.69) is 15.2 Å². The fourth-order valence-corrected chi connectivity index (χ4v) is 2.64. The molecule has 2 aromatic rings. The van der Waals surface area contributed by atoms with Gasteiger partial charge in [-0.05, 0) is 12.1 Å². The summed E-state index contributed by atoms with van der Waals surface area (Å²) in [5, 5.41) is 11.8. The summed E-state index contributed by atoms with van der Waals surface area (Å²) in [5.41, 5.74) is 2.16. The number of aryl methyl sites for hydroxylation is 1. The maximum atomic E-state index is 12.3. The Bertz CT molecular complexity index is 662. The number of oxazole rings is 1. The number of carbonyl (C=O) groups is 1. The number of nitrogens with zero attached hydrogens (tertiary/aromatic N) is 3. The second-order valence-electron chi connectivity index (χ2n) is 5.40. The highest BCUT2D eigenvalue weighted by Crippen LogP contribution is 2.20. The van der Waals surface area contributed by atoms with Crippen LogP contribution in [0.25, 0.3) is 11.1 Å². The van der Waals surface area contributed by atoms with Crippen molar-refractivity contribution in [3.05, 3.63) is 24.1 Å². The third-order valence-corrected chi connectivity index (χ3v) is 3.82. The summed E-state index contributed by atoms with van der Waals surface area (Å²) < 4.78 is 5.47. The Labute approximate surface area is 128 Å². The van der Waals surface area contributed by atoms with Crippen LogP contribution >= 0.6 is 0 Å². The van der Waals surface area contributed by atoms with Crippen LogP contribution in [0.15, 0.2) is 22.6 Å². The van der Waals surface area contributed by atoms with Crippen LogP contribution in [0.2, 0.25) is 0 Å². The molecule has 3 rings (SSSR count). The van der Waals surface area contributed by atoms with Gasteiger partial charge in [0.05, 0.1) is 6.61 Å². The smallest absolute Gasteiger partial charge is 0.321 e. The van der Waals surface area contributed by atoms with Crippen molar-refractivity contribution in [2.75, 3.05) is 44.6 Å². The SMILES string of the molecule is Cc1nc2ccc(NC(=O)N3CCN(CCO)CC3)cc2o1. The number of urea groups is 1. The van der Waals surface area contributed by atoms with Gasteiger partial charge in [-0.15, -0.1) is 0 Å². The molecule has 0 aliphatic carbocycles. The number of carbonyl (C=O) groups excluding carboxylic acids is 1. The van der Waals surface area contributed by atoms with E-state index in [1.54, 1.807) is 17.9 Å². The number of β-amino-alcohol motifs (C(OH)–C–C–N with tert-alkyl or cyclic N) is 1. The Kier molecular flexibility index (Phi) is 4.26. The summed E-state index contributed by atoms with van der Waals surface area (Å²) in [4.78, 5) is 20.4. The van der Waals surface area contributed by atoms with Gasteiger partial charge in [0.25, 0.3) is 0 Å². The number of anilines is 1. The summed E-state index contributed by atoms with van der Waals surface area (Å²) in [6, 6.07) is 5.33. The molecule has 0 spiro atoms. The van der Waals surface area contributed by atoms with Crippen molar-refractivity contribution < 1.29 is 14.3 Å². The van der Waals surface area contributed by atoms with Crippen molar-refractivity contribution in [2.45, 2.75) is 6.92 Å². The minimum atomic E-state index is -0.112. The van der Waals surface area contributed by atoms with Crippen LogP contribution in [-0.2, 0) is 0 Å². The Hall–Kier alpha value is -2.12. The maximum Gasteiger partial charge on any atom is 0.321 e. The first-order valence-corrected chi connectivity index (χ1v) is 7.42. The second-order valence-corrected chi connectivity index (χ2v) is 5.40. The molecule has 22 heavy (non-hydrogen) atoms. The highest BCUT2D eigenvalue weighted by atomic mass is 16.3. The third kappa shape index (κ3) is 3.20. The number of hydrogen-bond acceptors (Lipinski definition) is 5. The zero-order valence-electron chi connectivity index (χ0n) is 12.6. The molecule has 1 aliphatic heterocycles. The molecule has 2 N–H and O–H groups in total. The van der Waals surface area contributed by atoms with E-state index < -0.39 is 0 Å². The van der Waals surface area contributed by atoms with Crippen LogP contribution in [0.3, 0.4) is 0 Å². The van der Waals surface area contributed by atoms with Gasteiger partial charge >= 0.3 is 6.03 Å². The number of aliphatic hydroxyl groups excluding tert-OH is 1. The van der Waals surface area contributed by atoms with Gasteiger partial charge in [-0.25, -0.2) is 9.78 Å². The molecular weight excluding hydrogens is 284 g/mol. The predicted molar refractivity (Wildman–Crippen MR) is 82.9 cm³/mol. The van der Waals surface area contributed by atoms with Crippen molar-refractivity contribution >= 4 is 22.8 Å². The molecule has 1 saturated heterocycles. The van der Waals surface area contributed by atoms with Crippen molar-refractivity contribution in [2.24, 2.45) is 0 Å². The second kappa shape index (κ2) is 6.33. The topological polar surface area (TPSA) is 81.8 Å². The molecule has 2 heterocycles. The number of rotatable bonds is 3. The molecule has 1 aliphatic rings. The van der Waals surface area contributed by atoms with Crippen LogP contribution in [0.1, 0.15) is 5.89 Å². The van der Waals surface area contributed by atoms with Gasteiger partial charge in [0.2, 0.25) is 0 Å². The van der Waals surface area contributed by atoms with Gasteiger partial charge in [-0.3, -0.25) is 4.90 Å². The quantitative estimate of drug-likeness (QED) is 0.892. The number of benzene rings is 1. The third-order valence-electron chi connectivity index (χ3n) is 3.82. The predicted octanol–water partition coefficient (Wildman–Crippen LogP) is 1.28. The number of fused-ring (bicyclic) bond motifs is 1. The number of piperazine rings is 1. The fraction of sp³-hybridized carbons (Fsp3) is 0.467. The van der Waals surface area contributed by atoms with Crippen LogP contribution in [-0.4, -0.2) is 65.3 Å². The first kappa shape index (κ1) is 14.8. The minimum absolute atomic E-state index is 0.112. The molecule has 0 radical (unpaired) electrons. The number of aromatic nitrogens is 1. The van der Waals surface area contributed by atoms with E-state index in [-0.39, 0.29) is 12.6 Å². The molecule has 7 heteroatoms. The number of hydrogen-bond donors (Lipinski definition) is 2. The lowest BCUT2D eigenvalue weighted by Crippen LogP contribution is -2.50. The Balaban J connectivity index is 1.61. The van der Waals surface area contributed by atoms with E-state index in [1.165, 1.54) is 0 Å².